The van der Waals surface area contributed by atoms with Gasteiger partial charge in [-0.15, -0.1) is 12.4 Å². The molecular formula is C22H26ClFN2O2. The molecule has 1 saturated heterocycles. The molecule has 1 heterocycles. The molecule has 2 aromatic carbocycles. The van der Waals surface area contributed by atoms with Crippen LogP contribution in [0.1, 0.15) is 34.3 Å². The van der Waals surface area contributed by atoms with Gasteiger partial charge in [-0.25, -0.2) is 4.39 Å². The fourth-order valence-corrected chi connectivity index (χ4v) is 4.52. The highest BCUT2D eigenvalue weighted by molar-refractivity contribution is 5.97. The van der Waals surface area contributed by atoms with E-state index < -0.39 is 6.10 Å². The first-order valence-corrected chi connectivity index (χ1v) is 9.61. The Morgan fingerprint density at radius 1 is 1.07 bits per heavy atom. The van der Waals surface area contributed by atoms with E-state index in [1.807, 2.05) is 18.2 Å². The number of rotatable bonds is 3. The highest BCUT2D eigenvalue weighted by atomic mass is 35.5. The Balaban J connectivity index is 0.00000225. The van der Waals surface area contributed by atoms with Gasteiger partial charge in [0, 0.05) is 29.6 Å². The van der Waals surface area contributed by atoms with E-state index in [4.69, 9.17) is 5.73 Å². The average Bonchev–Trinajstić information content (AvgIpc) is 2.68. The van der Waals surface area contributed by atoms with Crippen molar-refractivity contribution in [1.82, 2.24) is 4.90 Å². The maximum Gasteiger partial charge on any atom is 0.166 e. The zero-order valence-corrected chi connectivity index (χ0v) is 16.5. The summed E-state index contributed by atoms with van der Waals surface area (Å²) in [6.07, 6.45) is 2.48. The van der Waals surface area contributed by atoms with E-state index in [0.29, 0.717) is 12.0 Å². The average molecular weight is 405 g/mol. The van der Waals surface area contributed by atoms with Gasteiger partial charge >= 0.3 is 0 Å². The molecule has 0 spiro atoms. The number of aliphatic hydroxyl groups excluding tert-OH is 1. The van der Waals surface area contributed by atoms with E-state index in [9.17, 15) is 14.3 Å². The lowest BCUT2D eigenvalue weighted by Gasteiger charge is -2.42. The fourth-order valence-electron chi connectivity index (χ4n) is 4.52. The van der Waals surface area contributed by atoms with Crippen molar-refractivity contribution in [2.75, 3.05) is 18.8 Å². The second-order valence-electron chi connectivity index (χ2n) is 7.71. The Bertz CT molecular complexity index is 835. The number of nitrogens with zero attached hydrogens (tertiary/aromatic N) is 1. The summed E-state index contributed by atoms with van der Waals surface area (Å²) in [6, 6.07) is 11.7. The molecule has 0 unspecified atom stereocenters. The van der Waals surface area contributed by atoms with E-state index >= 15 is 0 Å². The van der Waals surface area contributed by atoms with Crippen LogP contribution in [-0.4, -0.2) is 41.0 Å². The van der Waals surface area contributed by atoms with Gasteiger partial charge in [0.05, 0.1) is 6.10 Å². The summed E-state index contributed by atoms with van der Waals surface area (Å²) in [5.41, 5.74) is 9.81. The first-order valence-electron chi connectivity index (χ1n) is 9.61. The second kappa shape index (κ2) is 8.60. The van der Waals surface area contributed by atoms with Crippen molar-refractivity contribution in [2.45, 2.75) is 37.8 Å². The van der Waals surface area contributed by atoms with Gasteiger partial charge in [0.1, 0.15) is 5.82 Å². The molecule has 2 aromatic rings. The Kier molecular flexibility index (Phi) is 6.38. The molecule has 2 aliphatic rings. The number of hydrogen-bond donors (Lipinski definition) is 2. The largest absolute Gasteiger partial charge is 0.398 e. The van der Waals surface area contributed by atoms with Gasteiger partial charge in [0.25, 0.3) is 0 Å². The third-order valence-corrected chi connectivity index (χ3v) is 6.09. The van der Waals surface area contributed by atoms with Crippen LogP contribution in [0.5, 0.6) is 0 Å². The number of hydrogen-bond acceptors (Lipinski definition) is 4. The molecular weight excluding hydrogens is 379 g/mol. The van der Waals surface area contributed by atoms with E-state index in [1.54, 1.807) is 12.1 Å². The standard InChI is InChI=1S/C22H25FN2O2.ClH/c23-17-6-4-14(5-7-17)22(27)15-8-10-25(11-9-15)20-13-18-16(12-21(20)26)2-1-3-19(18)24;/h1-7,15,20-21,26H,8-13,24H2;1H/t20-,21-;/m1./s1. The molecule has 1 aliphatic heterocycles. The van der Waals surface area contributed by atoms with Crippen LogP contribution in [-0.2, 0) is 12.8 Å². The van der Waals surface area contributed by atoms with Gasteiger partial charge in [0.2, 0.25) is 0 Å². The number of piperidine rings is 1. The monoisotopic (exact) mass is 404 g/mol. The van der Waals surface area contributed by atoms with E-state index in [2.05, 4.69) is 4.90 Å². The molecule has 4 nitrogen and oxygen atoms in total. The molecule has 0 amide bonds. The topological polar surface area (TPSA) is 66.6 Å². The zero-order valence-electron chi connectivity index (χ0n) is 15.7. The van der Waals surface area contributed by atoms with Crippen LogP contribution < -0.4 is 5.73 Å². The number of aliphatic hydroxyl groups is 1. The number of fused-ring (bicyclic) bond motifs is 1. The minimum Gasteiger partial charge on any atom is -0.398 e. The molecule has 0 saturated carbocycles. The zero-order chi connectivity index (χ0) is 19.0. The normalized spacial score (nSPS) is 22.9. The molecule has 4 rings (SSSR count). The van der Waals surface area contributed by atoms with Crippen LogP contribution in [0.3, 0.4) is 0 Å². The number of nitrogens with two attached hydrogens (primary N) is 1. The molecule has 0 bridgehead atoms. The minimum absolute atomic E-state index is 0. The minimum atomic E-state index is -0.413. The number of carbonyl (C=O) groups is 1. The summed E-state index contributed by atoms with van der Waals surface area (Å²) < 4.78 is 13.1. The van der Waals surface area contributed by atoms with Crippen LogP contribution >= 0.6 is 12.4 Å². The number of nitrogen functional groups attached to an aromatic ring is 1. The summed E-state index contributed by atoms with van der Waals surface area (Å²) in [4.78, 5) is 15.0. The number of carbonyl (C=O) groups excluding carboxylic acids is 1. The molecule has 28 heavy (non-hydrogen) atoms. The predicted molar refractivity (Wildman–Crippen MR) is 110 cm³/mol. The van der Waals surface area contributed by atoms with Gasteiger partial charge in [-0.2, -0.15) is 0 Å². The summed E-state index contributed by atoms with van der Waals surface area (Å²) >= 11 is 0. The first kappa shape index (κ1) is 20.8. The van der Waals surface area contributed by atoms with Crippen molar-refractivity contribution < 1.29 is 14.3 Å². The summed E-state index contributed by atoms with van der Waals surface area (Å²) in [7, 11) is 0. The third kappa shape index (κ3) is 4.07. The number of benzene rings is 2. The maximum absolute atomic E-state index is 13.1. The number of Topliss-reactive ketones (excluding diaryl/α,β-unsaturated/α-hetero) is 1. The lowest BCUT2D eigenvalue weighted by molar-refractivity contribution is 0.0241. The molecule has 1 aliphatic carbocycles. The van der Waals surface area contributed by atoms with Crippen molar-refractivity contribution in [2.24, 2.45) is 5.92 Å². The SMILES string of the molecule is Cl.Nc1cccc2c1C[C@@H](N1CCC(C(=O)c3ccc(F)cc3)CC1)[C@H](O)C2. The molecule has 6 heteroatoms. The third-order valence-electron chi connectivity index (χ3n) is 6.09. The van der Waals surface area contributed by atoms with Gasteiger partial charge < -0.3 is 10.8 Å². The van der Waals surface area contributed by atoms with Crippen LogP contribution in [0, 0.1) is 11.7 Å². The molecule has 150 valence electrons. The fraction of sp³-hybridized carbons (Fsp3) is 0.409. The summed E-state index contributed by atoms with van der Waals surface area (Å²) in [5.74, 6) is -0.273. The highest BCUT2D eigenvalue weighted by Crippen LogP contribution is 2.31. The number of halogens is 2. The lowest BCUT2D eigenvalue weighted by Crippen LogP contribution is -2.51. The lowest BCUT2D eigenvalue weighted by atomic mass is 9.82. The Hall–Kier alpha value is -1.95. The van der Waals surface area contributed by atoms with E-state index in [1.165, 1.54) is 12.1 Å². The highest BCUT2D eigenvalue weighted by Gasteiger charge is 2.35. The molecule has 3 N–H and O–H groups in total. The van der Waals surface area contributed by atoms with E-state index in [-0.39, 0.29) is 36.0 Å². The summed E-state index contributed by atoms with van der Waals surface area (Å²) in [6.45, 7) is 1.56. The van der Waals surface area contributed by atoms with Crippen molar-refractivity contribution >= 4 is 23.9 Å². The van der Waals surface area contributed by atoms with Gasteiger partial charge in [-0.1, -0.05) is 12.1 Å². The number of anilines is 1. The molecule has 1 fully saturated rings. The second-order valence-corrected chi connectivity index (χ2v) is 7.71. The first-order chi connectivity index (χ1) is 13.0. The number of ketones is 1. The Labute approximate surface area is 171 Å². The van der Waals surface area contributed by atoms with Crippen LogP contribution in [0.25, 0.3) is 0 Å². The quantitative estimate of drug-likeness (QED) is 0.608. The molecule has 0 aromatic heterocycles. The van der Waals surface area contributed by atoms with Crippen LogP contribution in [0.4, 0.5) is 10.1 Å². The van der Waals surface area contributed by atoms with Gasteiger partial charge in [-0.05, 0) is 73.8 Å². The smallest absolute Gasteiger partial charge is 0.166 e. The van der Waals surface area contributed by atoms with E-state index in [0.717, 1.165) is 49.2 Å². The maximum atomic E-state index is 13.1. The predicted octanol–water partition coefficient (Wildman–Crippen LogP) is 3.25. The number of likely N-dealkylation sites (tertiary alicyclic amines) is 1. The van der Waals surface area contributed by atoms with Crippen molar-refractivity contribution in [3.8, 4) is 0 Å². The van der Waals surface area contributed by atoms with Gasteiger partial charge in [0.15, 0.2) is 5.78 Å². The van der Waals surface area contributed by atoms with Crippen molar-refractivity contribution in [3.05, 3.63) is 65.0 Å². The van der Waals surface area contributed by atoms with Crippen molar-refractivity contribution in [3.63, 3.8) is 0 Å². The Morgan fingerprint density at radius 3 is 2.43 bits per heavy atom. The summed E-state index contributed by atoms with van der Waals surface area (Å²) in [5, 5.41) is 10.7. The van der Waals surface area contributed by atoms with Gasteiger partial charge in [-0.3, -0.25) is 9.69 Å². The van der Waals surface area contributed by atoms with Crippen LogP contribution in [0.15, 0.2) is 42.5 Å². The van der Waals surface area contributed by atoms with Crippen LogP contribution in [0.2, 0.25) is 0 Å². The van der Waals surface area contributed by atoms with Crippen molar-refractivity contribution in [1.29, 1.82) is 0 Å². The molecule has 0 radical (unpaired) electrons. The molecule has 2 atom stereocenters. The Morgan fingerprint density at radius 2 is 1.75 bits per heavy atom.